The maximum Gasteiger partial charge on any atom is 0.350 e. The third-order valence-corrected chi connectivity index (χ3v) is 5.73. The fourth-order valence-corrected chi connectivity index (χ4v) is 4.31. The highest BCUT2D eigenvalue weighted by Crippen LogP contribution is 2.38. The quantitative estimate of drug-likeness (QED) is 0.358. The number of carbonyl (C=O) groups is 1. The molecule has 0 aliphatic heterocycles. The summed E-state index contributed by atoms with van der Waals surface area (Å²) in [5.41, 5.74) is 1.84. The van der Waals surface area contributed by atoms with E-state index in [0.29, 0.717) is 22.6 Å². The van der Waals surface area contributed by atoms with E-state index in [-0.39, 0.29) is 27.1 Å². The number of nitrogens with zero attached hydrogens (tertiary/aromatic N) is 6. The average molecular weight is 435 g/mol. The summed E-state index contributed by atoms with van der Waals surface area (Å²) in [6.07, 6.45) is 1.62. The number of carbonyl (C=O) groups excluding carboxylic acids is 1. The molecule has 0 saturated heterocycles. The summed E-state index contributed by atoms with van der Waals surface area (Å²) < 4.78 is 22.8. The first-order valence-corrected chi connectivity index (χ1v) is 9.86. The zero-order valence-corrected chi connectivity index (χ0v) is 17.6. The molecule has 0 fully saturated rings. The second kappa shape index (κ2) is 7.20. The van der Waals surface area contributed by atoms with Gasteiger partial charge in [-0.05, 0) is 13.8 Å². The smallest absolute Gasteiger partial charge is 0.350 e. The van der Waals surface area contributed by atoms with Gasteiger partial charge in [-0.3, -0.25) is 9.36 Å². The monoisotopic (exact) mass is 434 g/mol. The predicted molar refractivity (Wildman–Crippen MR) is 108 cm³/mol. The lowest BCUT2D eigenvalue weighted by Crippen LogP contribution is -2.01. The van der Waals surface area contributed by atoms with Crippen molar-refractivity contribution in [3.05, 3.63) is 33.8 Å². The molecule has 0 aliphatic carbocycles. The molecular weight excluding hydrogens is 419 g/mol. The standard InChI is InChI=1S/C18H16ClFN6O2S/c1-5-26-15(12(20)8(2)24-26)17-23-14(16(29-17)18(27)28-4)13-9-7-21-25(3)10(9)6-11(19)22-13/h6-7H,5H2,1-4H3. The van der Waals surface area contributed by atoms with Gasteiger partial charge in [-0.2, -0.15) is 10.2 Å². The molecule has 0 spiro atoms. The SMILES string of the molecule is CCn1nc(C)c(F)c1-c1nc(-c2nc(Cl)cc3c2cnn3C)c(C(=O)OC)s1. The highest BCUT2D eigenvalue weighted by atomic mass is 35.5. The summed E-state index contributed by atoms with van der Waals surface area (Å²) in [5, 5.41) is 9.62. The van der Waals surface area contributed by atoms with E-state index in [1.807, 2.05) is 6.92 Å². The second-order valence-corrected chi connectivity index (χ2v) is 7.63. The Morgan fingerprint density at radius 1 is 1.34 bits per heavy atom. The molecule has 0 unspecified atom stereocenters. The van der Waals surface area contributed by atoms with Crippen LogP contribution in [-0.4, -0.2) is 42.6 Å². The number of methoxy groups -OCH3 is 1. The van der Waals surface area contributed by atoms with Crippen LogP contribution in [0.2, 0.25) is 5.15 Å². The molecule has 150 valence electrons. The Bertz CT molecular complexity index is 1260. The summed E-state index contributed by atoms with van der Waals surface area (Å²) >= 11 is 7.22. The molecule has 4 rings (SSSR count). The number of hydrogen-bond donors (Lipinski definition) is 0. The Hall–Kier alpha value is -2.85. The Morgan fingerprint density at radius 3 is 2.79 bits per heavy atom. The Labute approximate surface area is 173 Å². The summed E-state index contributed by atoms with van der Waals surface area (Å²) in [6, 6.07) is 1.67. The molecule has 0 bridgehead atoms. The van der Waals surface area contributed by atoms with Crippen molar-refractivity contribution in [1.29, 1.82) is 0 Å². The maximum absolute atomic E-state index is 14.8. The Kier molecular flexibility index (Phi) is 4.83. The van der Waals surface area contributed by atoms with Crippen LogP contribution in [0.3, 0.4) is 0 Å². The van der Waals surface area contributed by atoms with Crippen LogP contribution in [-0.2, 0) is 18.3 Å². The van der Waals surface area contributed by atoms with E-state index in [2.05, 4.69) is 20.2 Å². The summed E-state index contributed by atoms with van der Waals surface area (Å²) in [6.45, 7) is 3.88. The van der Waals surface area contributed by atoms with Crippen molar-refractivity contribution in [2.24, 2.45) is 7.05 Å². The summed E-state index contributed by atoms with van der Waals surface area (Å²) in [5.74, 6) is -1.07. The molecular formula is C18H16ClFN6O2S. The molecule has 11 heteroatoms. The van der Waals surface area contributed by atoms with Crippen molar-refractivity contribution in [2.45, 2.75) is 20.4 Å². The zero-order valence-electron chi connectivity index (χ0n) is 16.0. The molecule has 0 N–H and O–H groups in total. The molecule has 0 aliphatic rings. The van der Waals surface area contributed by atoms with Gasteiger partial charge in [0, 0.05) is 25.0 Å². The zero-order chi connectivity index (χ0) is 20.9. The molecule has 0 saturated carbocycles. The third kappa shape index (κ3) is 3.08. The number of thiazole rings is 1. The molecule has 4 heterocycles. The highest BCUT2D eigenvalue weighted by Gasteiger charge is 2.28. The van der Waals surface area contributed by atoms with E-state index in [0.717, 1.165) is 16.9 Å². The molecule has 8 nitrogen and oxygen atoms in total. The Morgan fingerprint density at radius 2 is 2.10 bits per heavy atom. The van der Waals surface area contributed by atoms with Gasteiger partial charge in [-0.1, -0.05) is 11.6 Å². The van der Waals surface area contributed by atoms with Crippen molar-refractivity contribution in [2.75, 3.05) is 7.11 Å². The molecule has 0 aromatic carbocycles. The average Bonchev–Trinajstić information content (AvgIpc) is 3.37. The van der Waals surface area contributed by atoms with Gasteiger partial charge in [0.15, 0.2) is 5.82 Å². The summed E-state index contributed by atoms with van der Waals surface area (Å²) in [4.78, 5) is 21.6. The van der Waals surface area contributed by atoms with Crippen molar-refractivity contribution in [3.8, 4) is 22.1 Å². The molecule has 0 atom stereocenters. The van der Waals surface area contributed by atoms with E-state index in [1.54, 1.807) is 30.9 Å². The lowest BCUT2D eigenvalue weighted by molar-refractivity contribution is 0.0607. The van der Waals surface area contributed by atoms with Crippen LogP contribution >= 0.6 is 22.9 Å². The lowest BCUT2D eigenvalue weighted by atomic mass is 10.1. The predicted octanol–water partition coefficient (Wildman–Crippen LogP) is 3.86. The number of halogens is 2. The largest absolute Gasteiger partial charge is 0.465 e. The second-order valence-electron chi connectivity index (χ2n) is 6.25. The molecule has 0 amide bonds. The van der Waals surface area contributed by atoms with Gasteiger partial charge in [0.1, 0.15) is 32.1 Å². The molecule has 0 radical (unpaired) electrons. The van der Waals surface area contributed by atoms with Crippen molar-refractivity contribution >= 4 is 39.8 Å². The van der Waals surface area contributed by atoms with Crippen LogP contribution in [0.4, 0.5) is 4.39 Å². The maximum atomic E-state index is 14.8. The number of aryl methyl sites for hydroxylation is 3. The van der Waals surface area contributed by atoms with E-state index < -0.39 is 11.8 Å². The fraction of sp³-hybridized carbons (Fsp3) is 0.278. The minimum absolute atomic E-state index is 0.198. The van der Waals surface area contributed by atoms with Crippen LogP contribution in [0.15, 0.2) is 12.3 Å². The van der Waals surface area contributed by atoms with Gasteiger partial charge < -0.3 is 4.74 Å². The molecule has 29 heavy (non-hydrogen) atoms. The number of hydrogen-bond acceptors (Lipinski definition) is 7. The molecule has 4 aromatic heterocycles. The number of aromatic nitrogens is 6. The van der Waals surface area contributed by atoms with Crippen LogP contribution in [0, 0.1) is 12.7 Å². The van der Waals surface area contributed by atoms with E-state index >= 15 is 0 Å². The van der Waals surface area contributed by atoms with Gasteiger partial charge in [0.25, 0.3) is 0 Å². The van der Waals surface area contributed by atoms with E-state index in [4.69, 9.17) is 16.3 Å². The number of rotatable bonds is 4. The van der Waals surface area contributed by atoms with Crippen LogP contribution in [0.5, 0.6) is 0 Å². The lowest BCUT2D eigenvalue weighted by Gasteiger charge is -2.04. The van der Waals surface area contributed by atoms with Crippen molar-refractivity contribution in [1.82, 2.24) is 29.5 Å². The minimum Gasteiger partial charge on any atom is -0.465 e. The van der Waals surface area contributed by atoms with Crippen LogP contribution in [0.25, 0.3) is 33.0 Å². The highest BCUT2D eigenvalue weighted by molar-refractivity contribution is 7.17. The van der Waals surface area contributed by atoms with Gasteiger partial charge in [0.2, 0.25) is 0 Å². The minimum atomic E-state index is -0.595. The van der Waals surface area contributed by atoms with Gasteiger partial charge >= 0.3 is 5.97 Å². The summed E-state index contributed by atoms with van der Waals surface area (Å²) in [7, 11) is 3.05. The number of esters is 1. The number of fused-ring (bicyclic) bond motifs is 1. The Balaban J connectivity index is 2.02. The van der Waals surface area contributed by atoms with E-state index in [9.17, 15) is 9.18 Å². The first-order chi connectivity index (χ1) is 13.8. The van der Waals surface area contributed by atoms with Gasteiger partial charge in [-0.25, -0.2) is 19.2 Å². The van der Waals surface area contributed by atoms with Crippen LogP contribution in [0.1, 0.15) is 22.3 Å². The van der Waals surface area contributed by atoms with E-state index in [1.165, 1.54) is 11.8 Å². The van der Waals surface area contributed by atoms with Gasteiger partial charge in [-0.15, -0.1) is 11.3 Å². The van der Waals surface area contributed by atoms with Crippen LogP contribution < -0.4 is 0 Å². The first-order valence-electron chi connectivity index (χ1n) is 8.66. The third-order valence-electron chi connectivity index (χ3n) is 4.49. The van der Waals surface area contributed by atoms with Crippen molar-refractivity contribution < 1.29 is 13.9 Å². The first kappa shape index (κ1) is 19.5. The topological polar surface area (TPSA) is 87.7 Å². The van der Waals surface area contributed by atoms with Gasteiger partial charge in [0.05, 0.1) is 24.5 Å². The molecule has 4 aromatic rings. The number of pyridine rings is 1. The van der Waals surface area contributed by atoms with Crippen molar-refractivity contribution in [3.63, 3.8) is 0 Å². The normalized spacial score (nSPS) is 11.4. The fourth-order valence-electron chi connectivity index (χ4n) is 3.10. The number of ether oxygens (including phenoxy) is 1.